The molecule has 1 N–H and O–H groups in total. The fourth-order valence-electron chi connectivity index (χ4n) is 1.73. The topological polar surface area (TPSA) is 72.8 Å². The largest absolute Gasteiger partial charge is 0.481 e. The van der Waals surface area contributed by atoms with Gasteiger partial charge in [0.05, 0.1) is 6.61 Å². The maximum atomic E-state index is 11.4. The first-order valence-electron chi connectivity index (χ1n) is 6.21. The van der Waals surface area contributed by atoms with Crippen LogP contribution in [0.25, 0.3) is 0 Å². The molecule has 0 amide bonds. The van der Waals surface area contributed by atoms with Crippen LogP contribution in [0.4, 0.5) is 0 Å². The van der Waals surface area contributed by atoms with Crippen LogP contribution in [0.1, 0.15) is 51.4 Å². The van der Waals surface area contributed by atoms with Gasteiger partial charge in [-0.1, -0.05) is 6.42 Å². The maximum Gasteiger partial charge on any atom is 0.308 e. The second-order valence-electron chi connectivity index (χ2n) is 4.24. The number of carbonyl (C=O) groups excluding carboxylic acids is 1. The van der Waals surface area contributed by atoms with Gasteiger partial charge in [0, 0.05) is 19.3 Å². The van der Waals surface area contributed by atoms with E-state index in [1.807, 2.05) is 0 Å². The number of hydrogen-bond acceptors (Lipinski definition) is 4. The van der Waals surface area contributed by atoms with E-state index in [4.69, 9.17) is 14.6 Å². The van der Waals surface area contributed by atoms with Crippen molar-refractivity contribution in [3.63, 3.8) is 0 Å². The summed E-state index contributed by atoms with van der Waals surface area (Å²) in [7, 11) is 0. The number of unbranched alkanes of at least 4 members (excludes halogenated alkanes) is 2. The standard InChI is InChI=1S/C12H20O5/c13-10(14)6-2-1-3-7-11(15)17-12-8-4-5-9-16-12/h12H,1-9H2,(H,13,14). The number of carboxylic acid groups (broad SMARTS) is 1. The van der Waals surface area contributed by atoms with Crippen LogP contribution >= 0.6 is 0 Å². The molecular formula is C12H20O5. The van der Waals surface area contributed by atoms with Crippen molar-refractivity contribution in [3.8, 4) is 0 Å². The molecule has 1 fully saturated rings. The number of esters is 1. The molecule has 1 atom stereocenters. The van der Waals surface area contributed by atoms with Gasteiger partial charge in [0.2, 0.25) is 6.29 Å². The molecule has 0 spiro atoms. The Morgan fingerprint density at radius 1 is 1.18 bits per heavy atom. The highest BCUT2D eigenvalue weighted by Gasteiger charge is 2.17. The fourth-order valence-corrected chi connectivity index (χ4v) is 1.73. The smallest absolute Gasteiger partial charge is 0.308 e. The molecule has 0 aromatic rings. The Labute approximate surface area is 101 Å². The molecule has 1 saturated heterocycles. The van der Waals surface area contributed by atoms with Gasteiger partial charge in [-0.15, -0.1) is 0 Å². The summed E-state index contributed by atoms with van der Waals surface area (Å²) in [6.07, 6.45) is 5.04. The van der Waals surface area contributed by atoms with Crippen molar-refractivity contribution in [2.45, 2.75) is 57.7 Å². The maximum absolute atomic E-state index is 11.4. The van der Waals surface area contributed by atoms with Crippen molar-refractivity contribution in [2.75, 3.05) is 6.61 Å². The quantitative estimate of drug-likeness (QED) is 0.548. The molecule has 0 aliphatic carbocycles. The monoisotopic (exact) mass is 244 g/mol. The van der Waals surface area contributed by atoms with Crippen molar-refractivity contribution in [1.29, 1.82) is 0 Å². The molecule has 1 unspecified atom stereocenters. The Bertz CT molecular complexity index is 245. The highest BCUT2D eigenvalue weighted by atomic mass is 16.7. The van der Waals surface area contributed by atoms with Crippen LogP contribution in [0.2, 0.25) is 0 Å². The van der Waals surface area contributed by atoms with Crippen LogP contribution in [0.15, 0.2) is 0 Å². The van der Waals surface area contributed by atoms with Crippen LogP contribution in [-0.2, 0) is 19.1 Å². The normalized spacial score (nSPS) is 19.9. The van der Waals surface area contributed by atoms with E-state index in [9.17, 15) is 9.59 Å². The molecule has 1 aliphatic rings. The molecule has 98 valence electrons. The SMILES string of the molecule is O=C(O)CCCCCC(=O)OC1CCCCO1. The molecular weight excluding hydrogens is 224 g/mol. The predicted octanol–water partition coefficient (Wildman–Crippen LogP) is 2.09. The van der Waals surface area contributed by atoms with Crippen molar-refractivity contribution < 1.29 is 24.2 Å². The van der Waals surface area contributed by atoms with Gasteiger partial charge in [-0.2, -0.15) is 0 Å². The summed E-state index contributed by atoms with van der Waals surface area (Å²) in [6, 6.07) is 0. The Balaban J connectivity index is 1.98. The first-order valence-corrected chi connectivity index (χ1v) is 6.21. The van der Waals surface area contributed by atoms with Gasteiger partial charge in [0.25, 0.3) is 0 Å². The summed E-state index contributed by atoms with van der Waals surface area (Å²) in [4.78, 5) is 21.6. The summed E-state index contributed by atoms with van der Waals surface area (Å²) >= 11 is 0. The van der Waals surface area contributed by atoms with Gasteiger partial charge in [-0.25, -0.2) is 0 Å². The van der Waals surface area contributed by atoms with Gasteiger partial charge in [-0.3, -0.25) is 9.59 Å². The van der Waals surface area contributed by atoms with E-state index in [1.54, 1.807) is 0 Å². The van der Waals surface area contributed by atoms with Crippen LogP contribution < -0.4 is 0 Å². The second kappa shape index (κ2) is 8.06. The molecule has 0 aromatic heterocycles. The van der Waals surface area contributed by atoms with Crippen molar-refractivity contribution in [1.82, 2.24) is 0 Å². The van der Waals surface area contributed by atoms with Crippen LogP contribution in [-0.4, -0.2) is 29.9 Å². The fraction of sp³-hybridized carbons (Fsp3) is 0.833. The lowest BCUT2D eigenvalue weighted by atomic mass is 10.1. The lowest BCUT2D eigenvalue weighted by molar-refractivity contribution is -0.186. The van der Waals surface area contributed by atoms with E-state index < -0.39 is 5.97 Å². The lowest BCUT2D eigenvalue weighted by Gasteiger charge is -2.22. The summed E-state index contributed by atoms with van der Waals surface area (Å²) in [5.74, 6) is -1.03. The number of hydrogen-bond donors (Lipinski definition) is 1. The van der Waals surface area contributed by atoms with Crippen molar-refractivity contribution in [2.24, 2.45) is 0 Å². The number of rotatable bonds is 7. The summed E-state index contributed by atoms with van der Waals surface area (Å²) in [5.41, 5.74) is 0. The molecule has 5 nitrogen and oxygen atoms in total. The average molecular weight is 244 g/mol. The third-order valence-corrected chi connectivity index (χ3v) is 2.67. The van der Waals surface area contributed by atoms with Crippen molar-refractivity contribution in [3.05, 3.63) is 0 Å². The van der Waals surface area contributed by atoms with E-state index in [2.05, 4.69) is 0 Å². The molecule has 5 heteroatoms. The first kappa shape index (κ1) is 14.0. The van der Waals surface area contributed by atoms with Crippen LogP contribution in [0.3, 0.4) is 0 Å². The lowest BCUT2D eigenvalue weighted by Crippen LogP contribution is -2.25. The molecule has 1 rings (SSSR count). The molecule has 17 heavy (non-hydrogen) atoms. The highest BCUT2D eigenvalue weighted by molar-refractivity contribution is 5.69. The minimum Gasteiger partial charge on any atom is -0.481 e. The van der Waals surface area contributed by atoms with Gasteiger partial charge in [0.1, 0.15) is 0 Å². The van der Waals surface area contributed by atoms with Gasteiger partial charge >= 0.3 is 11.9 Å². The Kier molecular flexibility index (Phi) is 6.62. The third-order valence-electron chi connectivity index (χ3n) is 2.67. The Hall–Kier alpha value is -1.10. The Morgan fingerprint density at radius 2 is 1.94 bits per heavy atom. The number of ether oxygens (including phenoxy) is 2. The van der Waals surface area contributed by atoms with E-state index in [1.165, 1.54) is 0 Å². The average Bonchev–Trinajstić information content (AvgIpc) is 2.29. The van der Waals surface area contributed by atoms with Gasteiger partial charge < -0.3 is 14.6 Å². The zero-order valence-electron chi connectivity index (χ0n) is 10.0. The minimum absolute atomic E-state index is 0.167. The van der Waals surface area contributed by atoms with Gasteiger partial charge in [0.15, 0.2) is 0 Å². The highest BCUT2D eigenvalue weighted by Crippen LogP contribution is 2.15. The summed E-state index contributed by atoms with van der Waals surface area (Å²) < 4.78 is 10.4. The molecule has 0 bridgehead atoms. The Morgan fingerprint density at radius 3 is 2.59 bits per heavy atom. The van der Waals surface area contributed by atoms with E-state index >= 15 is 0 Å². The third kappa shape index (κ3) is 6.94. The first-order chi connectivity index (χ1) is 8.18. The summed E-state index contributed by atoms with van der Waals surface area (Å²) in [5, 5.41) is 8.43. The molecule has 1 aliphatic heterocycles. The minimum atomic E-state index is -0.789. The van der Waals surface area contributed by atoms with E-state index in [0.29, 0.717) is 25.9 Å². The predicted molar refractivity (Wildman–Crippen MR) is 60.4 cm³/mol. The molecule has 0 saturated carbocycles. The zero-order chi connectivity index (χ0) is 12.5. The molecule has 0 radical (unpaired) electrons. The second-order valence-corrected chi connectivity index (χ2v) is 4.24. The number of aliphatic carboxylic acids is 1. The number of carboxylic acids is 1. The van der Waals surface area contributed by atoms with E-state index in [0.717, 1.165) is 25.7 Å². The van der Waals surface area contributed by atoms with Crippen molar-refractivity contribution >= 4 is 11.9 Å². The molecule has 0 aromatic carbocycles. The number of carbonyl (C=O) groups is 2. The zero-order valence-corrected chi connectivity index (χ0v) is 10.0. The van der Waals surface area contributed by atoms with Crippen LogP contribution in [0, 0.1) is 0 Å². The van der Waals surface area contributed by atoms with E-state index in [-0.39, 0.29) is 18.7 Å². The van der Waals surface area contributed by atoms with Gasteiger partial charge in [-0.05, 0) is 25.7 Å². The molecule has 1 heterocycles. The summed E-state index contributed by atoms with van der Waals surface area (Å²) in [6.45, 7) is 0.663. The van der Waals surface area contributed by atoms with Crippen LogP contribution in [0.5, 0.6) is 0 Å².